The number of benzene rings is 2. The molecule has 2 aromatic rings. The molecule has 18 atom stereocenters. The van der Waals surface area contributed by atoms with Gasteiger partial charge in [0.15, 0.2) is 47.7 Å². The number of carbonyl (C=O) groups is 1. The second-order valence-corrected chi connectivity index (χ2v) is 15.2. The van der Waals surface area contributed by atoms with E-state index in [9.17, 15) is 55.9 Å². The number of ether oxygens (including phenoxy) is 11. The van der Waals surface area contributed by atoms with Crippen molar-refractivity contribution in [2.45, 2.75) is 98.2 Å². The van der Waals surface area contributed by atoms with Crippen LogP contribution in [0.5, 0.6) is 23.0 Å². The van der Waals surface area contributed by atoms with Crippen LogP contribution >= 0.6 is 0 Å². The first-order valence-electron chi connectivity index (χ1n) is 19.3. The molecule has 0 saturated carbocycles. The normalized spacial score (nSPS) is 41.1. The Hall–Kier alpha value is -3.37. The van der Waals surface area contributed by atoms with Crippen molar-refractivity contribution >= 4 is 5.78 Å². The standard InChI is InChI=1S/C38H48O22/c39-7-22-26(43)27(44)30(47)37(56-22)59-35-24(9-41)58-38(32(49)29(35)46)60-34-23(8-40)57-36(31(48)28(34)45)51-11-17-16(25(42)14-1-3-18-20(5-14)54-12-52-18)10-50-33(17)15-2-4-19-21(6-15)55-13-53-19/h1-6,16-17,22-24,26-41,43-49H,7-13H2/t16-,17-,22+,23+,24+,26+,27-,28+,29+,30+,31+,32+,33+,34+,35+,36+,37-,38-/m0/s1. The minimum Gasteiger partial charge on any atom is -0.454 e. The van der Waals surface area contributed by atoms with Gasteiger partial charge in [-0.2, -0.15) is 0 Å². The summed E-state index contributed by atoms with van der Waals surface area (Å²) in [5.74, 6) is 0.161. The number of carbonyl (C=O) groups excluding carboxylic acids is 1. The van der Waals surface area contributed by atoms with Gasteiger partial charge in [-0.05, 0) is 35.9 Å². The van der Waals surface area contributed by atoms with E-state index in [1.807, 2.05) is 0 Å². The van der Waals surface area contributed by atoms with E-state index in [0.717, 1.165) is 0 Å². The molecule has 332 valence electrons. The number of hydrogen-bond acceptors (Lipinski definition) is 22. The molecule has 0 aliphatic carbocycles. The molecule has 4 saturated heterocycles. The van der Waals surface area contributed by atoms with E-state index in [0.29, 0.717) is 34.1 Å². The molecule has 22 heteroatoms. The highest BCUT2D eigenvalue weighted by Crippen LogP contribution is 2.45. The number of Topliss-reactive ketones (excluding diaryl/α,β-unsaturated/α-hetero) is 1. The van der Waals surface area contributed by atoms with Gasteiger partial charge >= 0.3 is 0 Å². The highest BCUT2D eigenvalue weighted by molar-refractivity contribution is 5.99. The van der Waals surface area contributed by atoms with Crippen LogP contribution in [0.15, 0.2) is 36.4 Å². The first kappa shape index (κ1) is 43.3. The lowest BCUT2D eigenvalue weighted by Gasteiger charge is -2.48. The van der Waals surface area contributed by atoms with E-state index in [2.05, 4.69) is 0 Å². The summed E-state index contributed by atoms with van der Waals surface area (Å²) >= 11 is 0. The predicted molar refractivity (Wildman–Crippen MR) is 190 cm³/mol. The molecular weight excluding hydrogens is 808 g/mol. The lowest BCUT2D eigenvalue weighted by molar-refractivity contribution is -0.379. The van der Waals surface area contributed by atoms with Crippen molar-refractivity contribution in [2.24, 2.45) is 11.8 Å². The van der Waals surface area contributed by atoms with Crippen molar-refractivity contribution < 1.29 is 108 Å². The van der Waals surface area contributed by atoms with E-state index in [4.69, 9.17) is 52.1 Å². The van der Waals surface area contributed by atoms with Gasteiger partial charge in [-0.3, -0.25) is 4.79 Å². The molecule has 4 fully saturated rings. The number of fused-ring (bicyclic) bond motifs is 2. The fourth-order valence-electron chi connectivity index (χ4n) is 8.22. The Morgan fingerprint density at radius 1 is 0.583 bits per heavy atom. The molecule has 0 amide bonds. The van der Waals surface area contributed by atoms with Crippen LogP contribution < -0.4 is 18.9 Å². The van der Waals surface area contributed by atoms with Crippen LogP contribution in [0.4, 0.5) is 0 Å². The smallest absolute Gasteiger partial charge is 0.231 e. The zero-order valence-corrected chi connectivity index (χ0v) is 31.7. The first-order chi connectivity index (χ1) is 28.9. The molecule has 6 aliphatic rings. The highest BCUT2D eigenvalue weighted by Gasteiger charge is 2.54. The minimum atomic E-state index is -1.99. The molecule has 0 aromatic heterocycles. The predicted octanol–water partition coefficient (Wildman–Crippen LogP) is -4.20. The molecule has 22 nitrogen and oxygen atoms in total. The summed E-state index contributed by atoms with van der Waals surface area (Å²) in [5, 5.41) is 105. The van der Waals surface area contributed by atoms with Gasteiger partial charge < -0.3 is 103 Å². The quantitative estimate of drug-likeness (QED) is 0.0854. The van der Waals surface area contributed by atoms with E-state index in [-0.39, 0.29) is 32.6 Å². The summed E-state index contributed by atoms with van der Waals surface area (Å²) in [6.45, 7) is -2.68. The molecule has 8 rings (SSSR count). The van der Waals surface area contributed by atoms with Crippen LogP contribution in [0, 0.1) is 11.8 Å². The fraction of sp³-hybridized carbons (Fsp3) is 0.658. The Labute approximate surface area is 340 Å². The van der Waals surface area contributed by atoms with Crippen molar-refractivity contribution in [1.29, 1.82) is 0 Å². The average Bonchev–Trinajstić information content (AvgIpc) is 4.04. The highest BCUT2D eigenvalue weighted by atomic mass is 16.8. The molecule has 10 N–H and O–H groups in total. The zero-order chi connectivity index (χ0) is 42.4. The van der Waals surface area contributed by atoms with E-state index < -0.39 is 130 Å². The molecule has 0 radical (unpaired) electrons. The van der Waals surface area contributed by atoms with Crippen LogP contribution in [0.2, 0.25) is 0 Å². The number of rotatable bonds is 13. The van der Waals surface area contributed by atoms with E-state index >= 15 is 0 Å². The summed E-state index contributed by atoms with van der Waals surface area (Å²) < 4.78 is 62.3. The monoisotopic (exact) mass is 856 g/mol. The average molecular weight is 857 g/mol. The number of aliphatic hydroxyl groups is 10. The van der Waals surface area contributed by atoms with Gasteiger partial charge in [-0.1, -0.05) is 6.07 Å². The van der Waals surface area contributed by atoms with Gasteiger partial charge in [0, 0.05) is 11.5 Å². The molecule has 0 bridgehead atoms. The van der Waals surface area contributed by atoms with E-state index in [1.54, 1.807) is 36.4 Å². The zero-order valence-electron chi connectivity index (χ0n) is 31.7. The summed E-state index contributed by atoms with van der Waals surface area (Å²) in [6, 6.07) is 10.0. The number of ketones is 1. The van der Waals surface area contributed by atoms with Crippen molar-refractivity contribution in [2.75, 3.05) is 46.6 Å². The van der Waals surface area contributed by atoms with Gasteiger partial charge in [0.05, 0.1) is 45.1 Å². The maximum Gasteiger partial charge on any atom is 0.231 e. The van der Waals surface area contributed by atoms with E-state index in [1.165, 1.54) is 0 Å². The maximum absolute atomic E-state index is 14.0. The lowest BCUT2D eigenvalue weighted by Crippen LogP contribution is -2.66. The molecule has 0 spiro atoms. The third-order valence-corrected chi connectivity index (χ3v) is 11.6. The molecule has 0 unspecified atom stereocenters. The molecular formula is C38H48O22. The van der Waals surface area contributed by atoms with Crippen LogP contribution in [-0.4, -0.2) is 196 Å². The summed E-state index contributed by atoms with van der Waals surface area (Å²) in [5.41, 5.74) is 0.984. The van der Waals surface area contributed by atoms with Crippen LogP contribution in [0.1, 0.15) is 22.0 Å². The van der Waals surface area contributed by atoms with Gasteiger partial charge in [0.25, 0.3) is 0 Å². The Kier molecular flexibility index (Phi) is 13.1. The fourth-order valence-corrected chi connectivity index (χ4v) is 8.22. The summed E-state index contributed by atoms with van der Waals surface area (Å²) in [6.07, 6.45) is -26.6. The summed E-state index contributed by atoms with van der Waals surface area (Å²) in [7, 11) is 0. The van der Waals surface area contributed by atoms with Gasteiger partial charge in [-0.25, -0.2) is 0 Å². The van der Waals surface area contributed by atoms with Crippen molar-refractivity contribution in [3.63, 3.8) is 0 Å². The summed E-state index contributed by atoms with van der Waals surface area (Å²) in [4.78, 5) is 14.0. The second-order valence-electron chi connectivity index (χ2n) is 15.2. The SMILES string of the molecule is O=C(c1ccc2c(c1)OCO2)[C@H]1CO[C@H](c2ccc3c(c2)OCO3)[C@H]1CO[C@@H]1O[C@H](CO)[C@@H](O[C@@H]2O[C@H](CO)[C@@H](O[C@@H]3O[C@H](CO)[C@@H](O)[C@H](O)[C@H]3O)[C@H](O)[C@H]2O)[C@H](O)[C@H]1O. The van der Waals surface area contributed by atoms with Gasteiger partial charge in [0.2, 0.25) is 13.6 Å². The van der Waals surface area contributed by atoms with Crippen LogP contribution in [-0.2, 0) is 33.2 Å². The van der Waals surface area contributed by atoms with Crippen molar-refractivity contribution in [1.82, 2.24) is 0 Å². The minimum absolute atomic E-state index is 0.00882. The Morgan fingerprint density at radius 3 is 1.72 bits per heavy atom. The molecule has 6 heterocycles. The number of aliphatic hydroxyl groups excluding tert-OH is 10. The largest absolute Gasteiger partial charge is 0.454 e. The lowest BCUT2D eigenvalue weighted by atomic mass is 9.83. The first-order valence-corrected chi connectivity index (χ1v) is 19.3. The third kappa shape index (κ3) is 8.18. The molecule has 2 aromatic carbocycles. The Morgan fingerprint density at radius 2 is 1.10 bits per heavy atom. The third-order valence-electron chi connectivity index (χ3n) is 11.6. The Bertz CT molecular complexity index is 1790. The number of hydrogen-bond donors (Lipinski definition) is 10. The Balaban J connectivity index is 0.947. The van der Waals surface area contributed by atoms with Gasteiger partial charge in [-0.15, -0.1) is 0 Å². The van der Waals surface area contributed by atoms with Gasteiger partial charge in [0.1, 0.15) is 73.2 Å². The second kappa shape index (κ2) is 18.2. The maximum atomic E-state index is 14.0. The van der Waals surface area contributed by atoms with Crippen LogP contribution in [0.3, 0.4) is 0 Å². The van der Waals surface area contributed by atoms with Crippen LogP contribution in [0.25, 0.3) is 0 Å². The van der Waals surface area contributed by atoms with Crippen molar-refractivity contribution in [3.05, 3.63) is 47.5 Å². The van der Waals surface area contributed by atoms with Crippen molar-refractivity contribution in [3.8, 4) is 23.0 Å². The molecule has 6 aliphatic heterocycles. The topological polar surface area (TPSA) is 321 Å². The molecule has 60 heavy (non-hydrogen) atoms.